The van der Waals surface area contributed by atoms with Crippen LogP contribution in [0.25, 0.3) is 11.5 Å². The van der Waals surface area contributed by atoms with Crippen LogP contribution in [0.4, 0.5) is 14.9 Å². The number of halogens is 2. The molecule has 0 aliphatic carbocycles. The number of nitrogens with one attached hydrogen (secondary N) is 2. The third-order valence-corrected chi connectivity index (χ3v) is 4.54. The smallest absolute Gasteiger partial charge is 0.320 e. The summed E-state index contributed by atoms with van der Waals surface area (Å²) >= 11 is 5.87. The van der Waals surface area contributed by atoms with Crippen LogP contribution in [-0.2, 0) is 0 Å². The third-order valence-electron chi connectivity index (χ3n) is 4.29. The van der Waals surface area contributed by atoms with E-state index < -0.39 is 17.9 Å². The normalized spacial score (nSPS) is 11.7. The first-order chi connectivity index (χ1) is 14.6. The fourth-order valence-corrected chi connectivity index (χ4v) is 2.95. The Kier molecular flexibility index (Phi) is 5.72. The molecule has 8 heteroatoms. The van der Waals surface area contributed by atoms with Crippen molar-refractivity contribution in [3.63, 3.8) is 0 Å². The first kappa shape index (κ1) is 19.6. The highest BCUT2D eigenvalue weighted by atomic mass is 35.5. The van der Waals surface area contributed by atoms with Gasteiger partial charge in [-0.15, -0.1) is 10.2 Å². The lowest BCUT2D eigenvalue weighted by Gasteiger charge is -2.16. The van der Waals surface area contributed by atoms with Gasteiger partial charge in [-0.2, -0.15) is 0 Å². The number of aromatic nitrogens is 2. The van der Waals surface area contributed by atoms with E-state index in [0.717, 1.165) is 5.56 Å². The predicted octanol–water partition coefficient (Wildman–Crippen LogP) is 5.44. The molecule has 1 unspecified atom stereocenters. The molecule has 1 atom stereocenters. The van der Waals surface area contributed by atoms with Gasteiger partial charge in [0.15, 0.2) is 0 Å². The Balaban J connectivity index is 1.60. The molecular formula is C22H16ClFN4O2. The summed E-state index contributed by atoms with van der Waals surface area (Å²) in [6.45, 7) is 0. The molecule has 0 aliphatic rings. The van der Waals surface area contributed by atoms with E-state index in [9.17, 15) is 9.18 Å². The van der Waals surface area contributed by atoms with Crippen LogP contribution in [0.15, 0.2) is 83.3 Å². The molecule has 4 rings (SSSR count). The average Bonchev–Trinajstić information content (AvgIpc) is 3.25. The molecule has 0 radical (unpaired) electrons. The van der Waals surface area contributed by atoms with Gasteiger partial charge >= 0.3 is 6.03 Å². The van der Waals surface area contributed by atoms with E-state index in [-0.39, 0.29) is 5.89 Å². The Morgan fingerprint density at radius 1 is 0.933 bits per heavy atom. The summed E-state index contributed by atoms with van der Waals surface area (Å²) in [5, 5.41) is 14.2. The second-order valence-electron chi connectivity index (χ2n) is 6.40. The van der Waals surface area contributed by atoms with Crippen molar-refractivity contribution in [3.05, 3.63) is 101 Å². The van der Waals surface area contributed by atoms with Gasteiger partial charge in [0.25, 0.3) is 0 Å². The molecule has 1 aromatic heterocycles. The van der Waals surface area contributed by atoms with Crippen LogP contribution in [0.5, 0.6) is 0 Å². The lowest BCUT2D eigenvalue weighted by atomic mass is 10.1. The van der Waals surface area contributed by atoms with Crippen LogP contribution in [0.1, 0.15) is 17.5 Å². The standard InChI is InChI=1S/C22H16ClFN4O2/c23-16-8-12-18(13-9-16)25-22(29)26-19(14-6-10-17(24)11-7-14)21-28-27-20(30-21)15-4-2-1-3-5-15/h1-13,19H,(H2,25,26,29). The van der Waals surface area contributed by atoms with Crippen LogP contribution in [-0.4, -0.2) is 16.2 Å². The Hall–Kier alpha value is -3.71. The SMILES string of the molecule is O=C(Nc1ccc(Cl)cc1)NC(c1ccc(F)cc1)c1nnc(-c2ccccc2)o1. The number of hydrogen-bond donors (Lipinski definition) is 2. The minimum atomic E-state index is -0.775. The van der Waals surface area contributed by atoms with Crippen molar-refractivity contribution in [3.8, 4) is 11.5 Å². The largest absolute Gasteiger partial charge is 0.418 e. The van der Waals surface area contributed by atoms with E-state index in [4.69, 9.17) is 16.0 Å². The highest BCUT2D eigenvalue weighted by molar-refractivity contribution is 6.30. The van der Waals surface area contributed by atoms with Gasteiger partial charge in [0.2, 0.25) is 11.8 Å². The van der Waals surface area contributed by atoms with Gasteiger partial charge in [0.1, 0.15) is 11.9 Å². The number of hydrogen-bond acceptors (Lipinski definition) is 4. The van der Waals surface area contributed by atoms with E-state index in [2.05, 4.69) is 20.8 Å². The molecule has 3 aromatic carbocycles. The zero-order valence-corrected chi connectivity index (χ0v) is 16.3. The molecule has 0 fully saturated rings. The van der Waals surface area contributed by atoms with Crippen LogP contribution in [0, 0.1) is 5.82 Å². The Morgan fingerprint density at radius 3 is 2.33 bits per heavy atom. The van der Waals surface area contributed by atoms with Gasteiger partial charge in [-0.25, -0.2) is 9.18 Å². The monoisotopic (exact) mass is 422 g/mol. The maximum atomic E-state index is 13.4. The quantitative estimate of drug-likeness (QED) is 0.448. The molecule has 0 spiro atoms. The number of rotatable bonds is 5. The van der Waals surface area contributed by atoms with Crippen LogP contribution >= 0.6 is 11.6 Å². The molecule has 0 aliphatic heterocycles. The molecule has 30 heavy (non-hydrogen) atoms. The van der Waals surface area contributed by atoms with Crippen LogP contribution < -0.4 is 10.6 Å². The van der Waals surface area contributed by atoms with E-state index in [1.165, 1.54) is 12.1 Å². The molecule has 0 saturated carbocycles. The molecule has 2 N–H and O–H groups in total. The molecule has 2 amide bonds. The average molecular weight is 423 g/mol. The fraction of sp³-hybridized carbons (Fsp3) is 0.0455. The zero-order valence-electron chi connectivity index (χ0n) is 15.5. The van der Waals surface area contributed by atoms with Crippen LogP contribution in [0.2, 0.25) is 5.02 Å². The van der Waals surface area contributed by atoms with Crippen molar-refractivity contribution in [2.45, 2.75) is 6.04 Å². The number of amides is 2. The number of nitrogens with zero attached hydrogens (tertiary/aromatic N) is 2. The predicted molar refractivity (Wildman–Crippen MR) is 112 cm³/mol. The molecular weight excluding hydrogens is 407 g/mol. The fourth-order valence-electron chi connectivity index (χ4n) is 2.82. The van der Waals surface area contributed by atoms with Gasteiger partial charge in [-0.1, -0.05) is 41.9 Å². The Bertz CT molecular complexity index is 1130. The minimum Gasteiger partial charge on any atom is -0.418 e. The summed E-state index contributed by atoms with van der Waals surface area (Å²) in [5.74, 6) is 0.1000. The lowest BCUT2D eigenvalue weighted by Crippen LogP contribution is -2.33. The summed E-state index contributed by atoms with van der Waals surface area (Å²) in [7, 11) is 0. The van der Waals surface area contributed by atoms with Crippen LogP contribution in [0.3, 0.4) is 0 Å². The van der Waals surface area contributed by atoms with Gasteiger partial charge in [-0.3, -0.25) is 0 Å². The van der Waals surface area contributed by atoms with E-state index >= 15 is 0 Å². The van der Waals surface area contributed by atoms with Crippen molar-refractivity contribution in [2.24, 2.45) is 0 Å². The minimum absolute atomic E-state index is 0.173. The first-order valence-corrected chi connectivity index (χ1v) is 9.43. The van der Waals surface area contributed by atoms with E-state index in [1.54, 1.807) is 36.4 Å². The summed E-state index contributed by atoms with van der Waals surface area (Å²) in [6.07, 6.45) is 0. The molecule has 0 saturated heterocycles. The number of urea groups is 1. The highest BCUT2D eigenvalue weighted by Gasteiger charge is 2.23. The molecule has 4 aromatic rings. The highest BCUT2D eigenvalue weighted by Crippen LogP contribution is 2.25. The summed E-state index contributed by atoms with van der Waals surface area (Å²) in [6, 6.07) is 20.4. The molecule has 0 bridgehead atoms. The number of anilines is 1. The van der Waals surface area contributed by atoms with Crippen molar-refractivity contribution in [2.75, 3.05) is 5.32 Å². The van der Waals surface area contributed by atoms with Crippen molar-refractivity contribution in [1.29, 1.82) is 0 Å². The number of carbonyl (C=O) groups is 1. The van der Waals surface area contributed by atoms with E-state index in [1.807, 2.05) is 30.3 Å². The second kappa shape index (κ2) is 8.75. The second-order valence-corrected chi connectivity index (χ2v) is 6.84. The molecule has 6 nitrogen and oxygen atoms in total. The number of carbonyl (C=O) groups excluding carboxylic acids is 1. The lowest BCUT2D eigenvalue weighted by molar-refractivity contribution is 0.248. The van der Waals surface area contributed by atoms with Gasteiger partial charge in [-0.05, 0) is 54.1 Å². The zero-order chi connectivity index (χ0) is 20.9. The van der Waals surface area contributed by atoms with Crippen molar-refractivity contribution < 1.29 is 13.6 Å². The summed E-state index contributed by atoms with van der Waals surface area (Å²) in [5.41, 5.74) is 1.90. The third kappa shape index (κ3) is 4.64. The number of benzene rings is 3. The summed E-state index contributed by atoms with van der Waals surface area (Å²) < 4.78 is 19.2. The van der Waals surface area contributed by atoms with Crippen molar-refractivity contribution in [1.82, 2.24) is 15.5 Å². The van der Waals surface area contributed by atoms with Gasteiger partial charge in [0.05, 0.1) is 0 Å². The summed E-state index contributed by atoms with van der Waals surface area (Å²) in [4.78, 5) is 12.6. The molecule has 150 valence electrons. The topological polar surface area (TPSA) is 80.0 Å². The maximum Gasteiger partial charge on any atom is 0.320 e. The van der Waals surface area contributed by atoms with Gasteiger partial charge < -0.3 is 15.1 Å². The Labute approximate surface area is 176 Å². The van der Waals surface area contributed by atoms with Gasteiger partial charge in [0, 0.05) is 16.3 Å². The van der Waals surface area contributed by atoms with Crippen molar-refractivity contribution >= 4 is 23.3 Å². The maximum absolute atomic E-state index is 13.4. The molecule has 1 heterocycles. The first-order valence-electron chi connectivity index (χ1n) is 9.06. The van der Waals surface area contributed by atoms with E-state index in [0.29, 0.717) is 22.2 Å². The Morgan fingerprint density at radius 2 is 1.63 bits per heavy atom.